The Morgan fingerprint density at radius 3 is 2.86 bits per heavy atom. The second kappa shape index (κ2) is 6.20. The summed E-state index contributed by atoms with van der Waals surface area (Å²) in [6.45, 7) is 4.23. The van der Waals surface area contributed by atoms with Gasteiger partial charge >= 0.3 is 0 Å². The van der Waals surface area contributed by atoms with Crippen LogP contribution in [0.3, 0.4) is 0 Å². The van der Waals surface area contributed by atoms with E-state index in [1.807, 2.05) is 0 Å². The number of benzene rings is 1. The van der Waals surface area contributed by atoms with Gasteiger partial charge in [-0.3, -0.25) is 0 Å². The predicted octanol–water partition coefficient (Wildman–Crippen LogP) is 4.49. The van der Waals surface area contributed by atoms with E-state index < -0.39 is 0 Å². The molecule has 0 spiro atoms. The monoisotopic (exact) mass is 414 g/mol. The summed E-state index contributed by atoms with van der Waals surface area (Å²) in [5.74, 6) is 0. The summed E-state index contributed by atoms with van der Waals surface area (Å²) in [5.41, 5.74) is 1.32. The topological polar surface area (TPSA) is 33.2 Å². The average Bonchev–Trinajstić information content (AvgIpc) is 2.91. The van der Waals surface area contributed by atoms with Crippen LogP contribution in [0.15, 0.2) is 18.2 Å². The lowest BCUT2D eigenvalue weighted by molar-refractivity contribution is -0.110. The lowest BCUT2D eigenvalue weighted by atomic mass is 9.74. The van der Waals surface area contributed by atoms with Crippen LogP contribution in [0.1, 0.15) is 32.6 Å². The minimum atomic E-state index is 0.226. The highest BCUT2D eigenvalue weighted by Crippen LogP contribution is 2.40. The molecule has 1 aromatic heterocycles. The summed E-state index contributed by atoms with van der Waals surface area (Å²) >= 11 is 4.12. The van der Waals surface area contributed by atoms with E-state index in [4.69, 9.17) is 4.98 Å². The van der Waals surface area contributed by atoms with Gasteiger partial charge in [-0.2, -0.15) is 0 Å². The van der Waals surface area contributed by atoms with Crippen LogP contribution in [0, 0.1) is 8.99 Å². The van der Waals surface area contributed by atoms with Crippen molar-refractivity contribution in [2.75, 3.05) is 18.0 Å². The van der Waals surface area contributed by atoms with Gasteiger partial charge in [-0.15, -0.1) is 0 Å². The first-order valence-electron chi connectivity index (χ1n) is 7.40. The van der Waals surface area contributed by atoms with Crippen LogP contribution < -0.4 is 4.90 Å². The summed E-state index contributed by atoms with van der Waals surface area (Å²) in [4.78, 5) is 18.1. The Balaban J connectivity index is 1.77. The second-order valence-corrected chi connectivity index (χ2v) is 8.07. The van der Waals surface area contributed by atoms with Crippen molar-refractivity contribution < 1.29 is 4.79 Å². The molecular weight excluding hydrogens is 395 g/mol. The van der Waals surface area contributed by atoms with Gasteiger partial charge in [-0.25, -0.2) is 4.98 Å². The number of anilines is 1. The molecule has 0 atom stereocenters. The summed E-state index contributed by atoms with van der Waals surface area (Å²) < 4.78 is 2.52. The van der Waals surface area contributed by atoms with Crippen LogP contribution in [-0.4, -0.2) is 24.4 Å². The van der Waals surface area contributed by atoms with Crippen LogP contribution >= 0.6 is 33.9 Å². The SMILES string of the molecule is CCC1(CC=O)CCN(c2nc3ccc(I)cc3s2)CC1. The quantitative estimate of drug-likeness (QED) is 0.546. The molecule has 1 aliphatic heterocycles. The van der Waals surface area contributed by atoms with Crippen molar-refractivity contribution in [3.05, 3.63) is 21.8 Å². The molecule has 0 aliphatic carbocycles. The molecule has 2 heterocycles. The van der Waals surface area contributed by atoms with Gasteiger partial charge in [-0.1, -0.05) is 18.3 Å². The molecule has 0 saturated carbocycles. The Kier molecular flexibility index (Phi) is 4.49. The Morgan fingerprint density at radius 1 is 1.43 bits per heavy atom. The second-order valence-electron chi connectivity index (χ2n) is 5.82. The Bertz CT molecular complexity index is 647. The number of hydrogen-bond acceptors (Lipinski definition) is 4. The van der Waals surface area contributed by atoms with Crippen molar-refractivity contribution in [2.45, 2.75) is 32.6 Å². The van der Waals surface area contributed by atoms with Crippen molar-refractivity contribution in [1.29, 1.82) is 0 Å². The fourth-order valence-corrected chi connectivity index (χ4v) is 4.83. The van der Waals surface area contributed by atoms with Crippen LogP contribution in [0.25, 0.3) is 10.2 Å². The third-order valence-electron chi connectivity index (χ3n) is 4.70. The lowest BCUT2D eigenvalue weighted by Crippen LogP contribution is -2.40. The van der Waals surface area contributed by atoms with E-state index in [1.54, 1.807) is 11.3 Å². The molecule has 1 aromatic carbocycles. The van der Waals surface area contributed by atoms with E-state index in [-0.39, 0.29) is 5.41 Å². The fraction of sp³-hybridized carbons (Fsp3) is 0.500. The Morgan fingerprint density at radius 2 is 2.19 bits per heavy atom. The summed E-state index contributed by atoms with van der Waals surface area (Å²) in [7, 11) is 0. The molecule has 21 heavy (non-hydrogen) atoms. The number of rotatable bonds is 4. The zero-order valence-electron chi connectivity index (χ0n) is 12.1. The zero-order valence-corrected chi connectivity index (χ0v) is 15.1. The standard InChI is InChI=1S/C16H19IN2OS/c1-2-16(7-10-20)5-8-19(9-6-16)15-18-13-4-3-12(17)11-14(13)21-15/h3-4,10-11H,2,5-9H2,1H3. The molecule has 2 aromatic rings. The van der Waals surface area contributed by atoms with E-state index in [1.165, 1.54) is 8.27 Å². The molecule has 0 N–H and O–H groups in total. The maximum absolute atomic E-state index is 10.9. The Labute approximate surface area is 142 Å². The van der Waals surface area contributed by atoms with Crippen LogP contribution in [-0.2, 0) is 4.79 Å². The fourth-order valence-electron chi connectivity index (χ4n) is 3.07. The molecule has 112 valence electrons. The molecular formula is C16H19IN2OS. The highest BCUT2D eigenvalue weighted by atomic mass is 127. The van der Waals surface area contributed by atoms with Gasteiger partial charge in [0.25, 0.3) is 0 Å². The largest absolute Gasteiger partial charge is 0.348 e. The summed E-state index contributed by atoms with van der Waals surface area (Å²) in [6, 6.07) is 6.41. The molecule has 1 saturated heterocycles. The van der Waals surface area contributed by atoms with Crippen molar-refractivity contribution in [1.82, 2.24) is 4.98 Å². The van der Waals surface area contributed by atoms with Gasteiger partial charge in [0, 0.05) is 23.1 Å². The summed E-state index contributed by atoms with van der Waals surface area (Å²) in [6.07, 6.45) is 5.08. The number of aromatic nitrogens is 1. The highest BCUT2D eigenvalue weighted by molar-refractivity contribution is 14.1. The summed E-state index contributed by atoms with van der Waals surface area (Å²) in [5, 5.41) is 1.13. The third kappa shape index (κ3) is 3.08. The number of carbonyl (C=O) groups is 1. The molecule has 5 heteroatoms. The molecule has 3 rings (SSSR count). The average molecular weight is 414 g/mol. The zero-order chi connectivity index (χ0) is 14.9. The maximum Gasteiger partial charge on any atom is 0.186 e. The number of aldehydes is 1. The number of hydrogen-bond donors (Lipinski definition) is 0. The molecule has 3 nitrogen and oxygen atoms in total. The van der Waals surface area contributed by atoms with Crippen LogP contribution in [0.4, 0.5) is 5.13 Å². The van der Waals surface area contributed by atoms with E-state index in [0.717, 1.165) is 49.3 Å². The van der Waals surface area contributed by atoms with E-state index in [2.05, 4.69) is 52.6 Å². The van der Waals surface area contributed by atoms with Crippen LogP contribution in [0.2, 0.25) is 0 Å². The molecule has 0 unspecified atom stereocenters. The van der Waals surface area contributed by atoms with Gasteiger partial charge in [0.15, 0.2) is 5.13 Å². The van der Waals surface area contributed by atoms with E-state index in [9.17, 15) is 4.79 Å². The van der Waals surface area contributed by atoms with Gasteiger partial charge in [0.05, 0.1) is 10.2 Å². The van der Waals surface area contributed by atoms with Gasteiger partial charge in [0.2, 0.25) is 0 Å². The van der Waals surface area contributed by atoms with Crippen LogP contribution in [0.5, 0.6) is 0 Å². The van der Waals surface area contributed by atoms with Gasteiger partial charge < -0.3 is 9.69 Å². The smallest absolute Gasteiger partial charge is 0.186 e. The highest BCUT2D eigenvalue weighted by Gasteiger charge is 2.33. The first-order valence-corrected chi connectivity index (χ1v) is 9.30. The molecule has 1 aliphatic rings. The number of nitrogens with zero attached hydrogens (tertiary/aromatic N) is 2. The first kappa shape index (κ1) is 15.2. The maximum atomic E-state index is 10.9. The molecule has 1 fully saturated rings. The molecule has 0 radical (unpaired) electrons. The lowest BCUT2D eigenvalue weighted by Gasteiger charge is -2.40. The first-order chi connectivity index (χ1) is 10.2. The Hall–Kier alpha value is -0.690. The van der Waals surface area contributed by atoms with Crippen molar-refractivity contribution >= 4 is 55.6 Å². The van der Waals surface area contributed by atoms with Crippen molar-refractivity contribution in [2.24, 2.45) is 5.41 Å². The van der Waals surface area contributed by atoms with Crippen molar-refractivity contribution in [3.8, 4) is 0 Å². The number of halogens is 1. The van der Waals surface area contributed by atoms with Gasteiger partial charge in [0.1, 0.15) is 6.29 Å². The molecule has 0 amide bonds. The van der Waals surface area contributed by atoms with Crippen molar-refractivity contribution in [3.63, 3.8) is 0 Å². The molecule has 0 bridgehead atoms. The van der Waals surface area contributed by atoms with Gasteiger partial charge in [-0.05, 0) is 65.5 Å². The van der Waals surface area contributed by atoms with E-state index >= 15 is 0 Å². The third-order valence-corrected chi connectivity index (χ3v) is 6.45. The number of piperidine rings is 1. The predicted molar refractivity (Wildman–Crippen MR) is 97.2 cm³/mol. The minimum Gasteiger partial charge on any atom is -0.348 e. The van der Waals surface area contributed by atoms with E-state index in [0.29, 0.717) is 6.42 Å². The number of fused-ring (bicyclic) bond motifs is 1. The minimum absolute atomic E-state index is 0.226. The number of thiazole rings is 1. The number of carbonyl (C=O) groups excluding carboxylic acids is 1. The normalized spacial score (nSPS) is 18.1.